The Kier molecular flexibility index (Phi) is 6.95. The Morgan fingerprint density at radius 1 is 1.28 bits per heavy atom. The third-order valence-corrected chi connectivity index (χ3v) is 6.65. The molecule has 2 aliphatic rings. The number of hydrogen-bond donors (Lipinski definition) is 4. The number of hydrazine groups is 1. The first-order chi connectivity index (χ1) is 15.6. The second kappa shape index (κ2) is 10.0. The number of nitrogens with zero attached hydrogens (tertiary/aromatic N) is 4. The van der Waals surface area contributed by atoms with Crippen LogP contribution >= 0.6 is 11.6 Å². The first kappa shape index (κ1) is 22.1. The molecule has 0 aromatic heterocycles. The molecular weight excluding hydrogens is 424 g/mol. The highest BCUT2D eigenvalue weighted by molar-refractivity contribution is 6.30. The molecule has 4 rings (SSSR count). The zero-order valence-electron chi connectivity index (χ0n) is 17.8. The van der Waals surface area contributed by atoms with Crippen molar-refractivity contribution in [2.24, 2.45) is 21.9 Å². The van der Waals surface area contributed by atoms with E-state index in [1.54, 1.807) is 0 Å². The molecule has 1 spiro atoms. The van der Waals surface area contributed by atoms with Crippen molar-refractivity contribution in [3.8, 4) is 0 Å². The fourth-order valence-corrected chi connectivity index (χ4v) is 4.85. The topological polar surface area (TPSA) is 121 Å². The molecule has 2 aromatic carbocycles. The number of amidine groups is 1. The number of para-hydroxylation sites is 2. The highest BCUT2D eigenvalue weighted by Gasteiger charge is 2.43. The van der Waals surface area contributed by atoms with Crippen molar-refractivity contribution in [2.75, 3.05) is 11.9 Å². The van der Waals surface area contributed by atoms with E-state index >= 15 is 0 Å². The normalized spacial score (nSPS) is 22.7. The molecule has 0 radical (unpaired) electrons. The van der Waals surface area contributed by atoms with E-state index in [1.807, 2.05) is 42.5 Å². The van der Waals surface area contributed by atoms with Gasteiger partial charge >= 0.3 is 0 Å². The molecular formula is C23H27ClN8. The molecule has 2 aromatic rings. The summed E-state index contributed by atoms with van der Waals surface area (Å²) in [5.41, 5.74) is 18.0. The molecule has 1 heterocycles. The summed E-state index contributed by atoms with van der Waals surface area (Å²) in [4.78, 5) is 7.82. The molecule has 1 saturated carbocycles. The summed E-state index contributed by atoms with van der Waals surface area (Å²) in [5, 5.41) is 15.9. The molecule has 1 unspecified atom stereocenters. The van der Waals surface area contributed by atoms with Crippen molar-refractivity contribution in [2.45, 2.75) is 37.8 Å². The SMILES string of the molecule is [N-]=[N+]=NCC(C=N)C1CCC2(CC1)Nc1ccccc1N=C2NNCc1cccc(Cl)c1. The largest absolute Gasteiger partial charge is 0.371 e. The van der Waals surface area contributed by atoms with Gasteiger partial charge in [-0.25, -0.2) is 10.4 Å². The van der Waals surface area contributed by atoms with Crippen molar-refractivity contribution in [3.63, 3.8) is 0 Å². The molecule has 9 heteroatoms. The fraction of sp³-hybridized carbons (Fsp3) is 0.391. The average Bonchev–Trinajstić information content (AvgIpc) is 2.81. The smallest absolute Gasteiger partial charge is 0.142 e. The Bertz CT molecular complexity index is 1040. The summed E-state index contributed by atoms with van der Waals surface area (Å²) in [7, 11) is 0. The maximum Gasteiger partial charge on any atom is 0.142 e. The third kappa shape index (κ3) is 4.88. The Morgan fingerprint density at radius 3 is 2.84 bits per heavy atom. The Morgan fingerprint density at radius 2 is 2.09 bits per heavy atom. The average molecular weight is 451 g/mol. The molecule has 0 bridgehead atoms. The summed E-state index contributed by atoms with van der Waals surface area (Å²) in [6, 6.07) is 15.8. The van der Waals surface area contributed by atoms with Crippen LogP contribution in [0.5, 0.6) is 0 Å². The summed E-state index contributed by atoms with van der Waals surface area (Å²) in [5.74, 6) is 1.18. The summed E-state index contributed by atoms with van der Waals surface area (Å²) >= 11 is 6.10. The van der Waals surface area contributed by atoms with Gasteiger partial charge in [0.15, 0.2) is 0 Å². The molecule has 1 atom stereocenters. The Balaban J connectivity index is 1.49. The molecule has 1 aliphatic carbocycles. The number of halogens is 1. The first-order valence-electron chi connectivity index (χ1n) is 10.8. The lowest BCUT2D eigenvalue weighted by Crippen LogP contribution is -2.58. The molecule has 0 amide bonds. The van der Waals surface area contributed by atoms with Gasteiger partial charge < -0.3 is 16.2 Å². The predicted octanol–water partition coefficient (Wildman–Crippen LogP) is 5.59. The van der Waals surface area contributed by atoms with Crippen LogP contribution in [0.4, 0.5) is 11.4 Å². The minimum atomic E-state index is -0.308. The number of aliphatic imine (C=N–C) groups is 1. The van der Waals surface area contributed by atoms with Gasteiger partial charge in [0.1, 0.15) is 5.84 Å². The number of benzene rings is 2. The number of azide groups is 1. The van der Waals surface area contributed by atoms with Crippen molar-refractivity contribution in [3.05, 3.63) is 69.6 Å². The summed E-state index contributed by atoms with van der Waals surface area (Å²) in [6.07, 6.45) is 5.02. The van der Waals surface area contributed by atoms with Crippen molar-refractivity contribution >= 4 is 35.0 Å². The standard InChI is InChI=1S/C23H27ClN8/c24-19-5-3-4-16(12-19)14-27-31-22-23(30-21-7-2-1-6-20(21)29-22)10-8-17(9-11-23)18(13-25)15-28-32-26/h1-7,12-13,17-18,25,27,30H,8-11,14-15H2,(H,29,31). The van der Waals surface area contributed by atoms with Gasteiger partial charge in [0.2, 0.25) is 0 Å². The highest BCUT2D eigenvalue weighted by Crippen LogP contribution is 2.43. The second-order valence-corrected chi connectivity index (χ2v) is 8.81. The molecule has 0 saturated heterocycles. The van der Waals surface area contributed by atoms with Crippen molar-refractivity contribution in [1.29, 1.82) is 5.41 Å². The van der Waals surface area contributed by atoms with Crippen molar-refractivity contribution in [1.82, 2.24) is 10.9 Å². The lowest BCUT2D eigenvalue weighted by molar-refractivity contribution is 0.261. The number of hydrogen-bond acceptors (Lipinski definition) is 6. The predicted molar refractivity (Wildman–Crippen MR) is 130 cm³/mol. The highest BCUT2D eigenvalue weighted by atomic mass is 35.5. The van der Waals surface area contributed by atoms with Crippen molar-refractivity contribution < 1.29 is 0 Å². The minimum Gasteiger partial charge on any atom is -0.371 e. The van der Waals surface area contributed by atoms with Crippen LogP contribution in [0, 0.1) is 17.2 Å². The van der Waals surface area contributed by atoms with E-state index in [4.69, 9.17) is 27.5 Å². The van der Waals surface area contributed by atoms with Crippen LogP contribution in [-0.2, 0) is 6.54 Å². The van der Waals surface area contributed by atoms with Gasteiger partial charge in [-0.15, -0.1) is 0 Å². The third-order valence-electron chi connectivity index (χ3n) is 6.41. The van der Waals surface area contributed by atoms with E-state index in [1.165, 1.54) is 6.21 Å². The lowest BCUT2D eigenvalue weighted by Gasteiger charge is -2.45. The Hall–Kier alpha value is -3.06. The van der Waals surface area contributed by atoms with E-state index in [9.17, 15) is 0 Å². The van der Waals surface area contributed by atoms with Crippen LogP contribution in [0.25, 0.3) is 10.4 Å². The summed E-state index contributed by atoms with van der Waals surface area (Å²) < 4.78 is 0. The molecule has 32 heavy (non-hydrogen) atoms. The molecule has 166 valence electrons. The summed E-state index contributed by atoms with van der Waals surface area (Å²) in [6.45, 7) is 0.955. The van der Waals surface area contributed by atoms with Gasteiger partial charge in [-0.3, -0.25) is 0 Å². The van der Waals surface area contributed by atoms with Crippen LogP contribution in [0.2, 0.25) is 5.02 Å². The van der Waals surface area contributed by atoms with E-state index in [2.05, 4.69) is 32.3 Å². The maximum absolute atomic E-state index is 8.65. The molecule has 4 N–H and O–H groups in total. The van der Waals surface area contributed by atoms with Gasteiger partial charge in [0.05, 0.1) is 16.9 Å². The number of nitrogens with one attached hydrogen (secondary N) is 4. The van der Waals surface area contributed by atoms with Gasteiger partial charge in [-0.05, 0) is 73.2 Å². The molecule has 8 nitrogen and oxygen atoms in total. The molecule has 1 fully saturated rings. The van der Waals surface area contributed by atoms with Crippen LogP contribution in [-0.4, -0.2) is 24.1 Å². The number of anilines is 1. The quantitative estimate of drug-likeness (QED) is 0.144. The van der Waals surface area contributed by atoms with E-state index in [0.29, 0.717) is 24.0 Å². The van der Waals surface area contributed by atoms with Crippen LogP contribution in [0.3, 0.4) is 0 Å². The Labute approximate surface area is 192 Å². The van der Waals surface area contributed by atoms with Gasteiger partial charge in [0, 0.05) is 28.9 Å². The fourth-order valence-electron chi connectivity index (χ4n) is 4.64. The number of rotatable bonds is 7. The maximum atomic E-state index is 8.65. The lowest BCUT2D eigenvalue weighted by atomic mass is 9.71. The molecule has 1 aliphatic heterocycles. The van der Waals surface area contributed by atoms with Crippen LogP contribution in [0.15, 0.2) is 58.6 Å². The zero-order valence-corrected chi connectivity index (χ0v) is 18.5. The van der Waals surface area contributed by atoms with E-state index in [0.717, 1.165) is 48.5 Å². The van der Waals surface area contributed by atoms with Crippen LogP contribution < -0.4 is 16.2 Å². The van der Waals surface area contributed by atoms with Gasteiger partial charge in [-0.1, -0.05) is 41.0 Å². The monoisotopic (exact) mass is 450 g/mol. The van der Waals surface area contributed by atoms with E-state index < -0.39 is 0 Å². The second-order valence-electron chi connectivity index (χ2n) is 8.37. The van der Waals surface area contributed by atoms with Crippen LogP contribution in [0.1, 0.15) is 31.2 Å². The van der Waals surface area contributed by atoms with E-state index in [-0.39, 0.29) is 11.5 Å². The zero-order chi connectivity index (χ0) is 22.4. The van der Waals surface area contributed by atoms with Gasteiger partial charge in [-0.2, -0.15) is 0 Å². The minimum absolute atomic E-state index is 0.0200. The number of fused-ring (bicyclic) bond motifs is 1. The van der Waals surface area contributed by atoms with Gasteiger partial charge in [0.25, 0.3) is 0 Å². The first-order valence-corrected chi connectivity index (χ1v) is 11.2.